The number of hydrogen-bond donors (Lipinski definition) is 0. The van der Waals surface area contributed by atoms with Crippen molar-refractivity contribution >= 4 is 5.97 Å². The number of carbonyl (C=O) groups is 1. The highest BCUT2D eigenvalue weighted by Gasteiger charge is 2.15. The number of rotatable bonds is 3. The third kappa shape index (κ3) is 3.06. The van der Waals surface area contributed by atoms with Crippen molar-refractivity contribution in [3.63, 3.8) is 0 Å². The third-order valence-electron chi connectivity index (χ3n) is 3.00. The summed E-state index contributed by atoms with van der Waals surface area (Å²) in [4.78, 5) is 22.9. The molecule has 2 rings (SSSR count). The molecule has 5 heteroatoms. The maximum atomic E-state index is 11.7. The van der Waals surface area contributed by atoms with Crippen LogP contribution in [0.3, 0.4) is 0 Å². The van der Waals surface area contributed by atoms with Gasteiger partial charge in [0, 0.05) is 13.1 Å². The fraction of sp³-hybridized carbons (Fsp3) is 0.462. The van der Waals surface area contributed by atoms with Crippen molar-refractivity contribution in [2.75, 3.05) is 6.61 Å². The fourth-order valence-corrected chi connectivity index (χ4v) is 1.89. The van der Waals surface area contributed by atoms with Crippen molar-refractivity contribution in [1.29, 1.82) is 0 Å². The van der Waals surface area contributed by atoms with E-state index in [1.807, 2.05) is 0 Å². The van der Waals surface area contributed by atoms with E-state index in [2.05, 4.69) is 17.3 Å². The van der Waals surface area contributed by atoms with Gasteiger partial charge < -0.3 is 4.74 Å². The van der Waals surface area contributed by atoms with E-state index in [9.17, 15) is 9.59 Å². The second-order valence-electron chi connectivity index (χ2n) is 4.43. The van der Waals surface area contributed by atoms with Crippen LogP contribution in [-0.4, -0.2) is 22.4 Å². The molecule has 0 radical (unpaired) electrons. The first-order valence-electron chi connectivity index (χ1n) is 6.03. The lowest BCUT2D eigenvalue weighted by Gasteiger charge is -2.17. The molecule has 0 bridgehead atoms. The summed E-state index contributed by atoms with van der Waals surface area (Å²) in [6.07, 6.45) is 7.30. The quantitative estimate of drug-likeness (QED) is 0.597. The summed E-state index contributed by atoms with van der Waals surface area (Å²) in [5.41, 5.74) is -0.0765. The maximum absolute atomic E-state index is 11.7. The number of esters is 1. The second-order valence-corrected chi connectivity index (χ2v) is 4.43. The lowest BCUT2D eigenvalue weighted by atomic mass is 9.95. The van der Waals surface area contributed by atoms with Crippen molar-refractivity contribution in [1.82, 2.24) is 9.78 Å². The molecule has 1 heterocycles. The van der Waals surface area contributed by atoms with Crippen LogP contribution in [0.25, 0.3) is 0 Å². The minimum Gasteiger partial charge on any atom is -0.461 e. The number of nitrogens with zero attached hydrogens (tertiary/aromatic N) is 2. The average Bonchev–Trinajstić information content (AvgIpc) is 2.40. The van der Waals surface area contributed by atoms with Crippen molar-refractivity contribution in [2.24, 2.45) is 13.0 Å². The Morgan fingerprint density at radius 2 is 2.33 bits per heavy atom. The molecule has 0 saturated heterocycles. The van der Waals surface area contributed by atoms with Crippen molar-refractivity contribution in [2.45, 2.75) is 19.3 Å². The Bertz CT molecular complexity index is 519. The van der Waals surface area contributed by atoms with Gasteiger partial charge in [0.15, 0.2) is 5.69 Å². The zero-order valence-electron chi connectivity index (χ0n) is 10.3. The van der Waals surface area contributed by atoms with Crippen LogP contribution in [0.1, 0.15) is 29.8 Å². The van der Waals surface area contributed by atoms with E-state index in [0.717, 1.165) is 23.9 Å². The minimum absolute atomic E-state index is 0.170. The molecule has 0 spiro atoms. The molecule has 0 saturated carbocycles. The topological polar surface area (TPSA) is 61.2 Å². The second kappa shape index (κ2) is 5.62. The van der Waals surface area contributed by atoms with Crippen molar-refractivity contribution < 1.29 is 9.53 Å². The van der Waals surface area contributed by atoms with Gasteiger partial charge in [0.1, 0.15) is 0 Å². The number of aryl methyl sites for hydroxylation is 1. The van der Waals surface area contributed by atoms with Crippen LogP contribution in [0.2, 0.25) is 0 Å². The van der Waals surface area contributed by atoms with E-state index in [0.29, 0.717) is 12.5 Å². The highest BCUT2D eigenvalue weighted by molar-refractivity contribution is 5.86. The van der Waals surface area contributed by atoms with Gasteiger partial charge in [-0.2, -0.15) is 5.10 Å². The van der Waals surface area contributed by atoms with Crippen LogP contribution in [0.5, 0.6) is 0 Å². The Balaban J connectivity index is 1.93. The average molecular weight is 248 g/mol. The van der Waals surface area contributed by atoms with Gasteiger partial charge in [-0.15, -0.1) is 0 Å². The van der Waals surface area contributed by atoms with Gasteiger partial charge >= 0.3 is 5.97 Å². The molecular formula is C13H16N2O3. The molecule has 0 aliphatic heterocycles. The van der Waals surface area contributed by atoms with E-state index >= 15 is 0 Å². The van der Waals surface area contributed by atoms with Gasteiger partial charge in [-0.25, -0.2) is 9.48 Å². The SMILES string of the molecule is Cn1nc(C(=O)OCC2CC=CCC2)ccc1=O. The summed E-state index contributed by atoms with van der Waals surface area (Å²) in [7, 11) is 1.51. The Hall–Kier alpha value is -1.91. The first kappa shape index (κ1) is 12.5. The van der Waals surface area contributed by atoms with Crippen molar-refractivity contribution in [3.05, 3.63) is 40.3 Å². The number of hydrogen-bond acceptors (Lipinski definition) is 4. The molecule has 0 N–H and O–H groups in total. The summed E-state index contributed by atoms with van der Waals surface area (Å²) in [5, 5.41) is 3.85. The number of carbonyl (C=O) groups excluding carboxylic acids is 1. The van der Waals surface area contributed by atoms with Gasteiger partial charge in [-0.1, -0.05) is 12.2 Å². The van der Waals surface area contributed by atoms with E-state index in [1.54, 1.807) is 0 Å². The summed E-state index contributed by atoms with van der Waals surface area (Å²) < 4.78 is 6.34. The first-order chi connectivity index (χ1) is 8.66. The van der Waals surface area contributed by atoms with Crippen LogP contribution < -0.4 is 5.56 Å². The Morgan fingerprint density at radius 3 is 3.00 bits per heavy atom. The molecular weight excluding hydrogens is 232 g/mol. The molecule has 1 aromatic heterocycles. The lowest BCUT2D eigenvalue weighted by Crippen LogP contribution is -2.23. The Kier molecular flexibility index (Phi) is 3.92. The standard InChI is InChI=1S/C13H16N2O3/c1-15-12(16)8-7-11(14-15)13(17)18-9-10-5-3-2-4-6-10/h2-3,7-8,10H,4-6,9H2,1H3. The van der Waals surface area contributed by atoms with E-state index in [1.165, 1.54) is 19.2 Å². The monoisotopic (exact) mass is 248 g/mol. The van der Waals surface area contributed by atoms with Gasteiger partial charge in [-0.05, 0) is 31.2 Å². The fourth-order valence-electron chi connectivity index (χ4n) is 1.89. The van der Waals surface area contributed by atoms with Crippen LogP contribution in [-0.2, 0) is 11.8 Å². The van der Waals surface area contributed by atoms with Crippen LogP contribution >= 0.6 is 0 Å². The molecule has 96 valence electrons. The van der Waals surface area contributed by atoms with Gasteiger partial charge in [0.2, 0.25) is 0 Å². The van der Waals surface area contributed by atoms with Crippen LogP contribution in [0.15, 0.2) is 29.1 Å². The molecule has 1 unspecified atom stereocenters. The van der Waals surface area contributed by atoms with E-state index < -0.39 is 5.97 Å². The summed E-state index contributed by atoms with van der Waals surface area (Å²) >= 11 is 0. The van der Waals surface area contributed by atoms with Crippen molar-refractivity contribution in [3.8, 4) is 0 Å². The number of ether oxygens (including phenoxy) is 1. The molecule has 1 atom stereocenters. The first-order valence-corrected chi connectivity index (χ1v) is 6.03. The normalized spacial score (nSPS) is 18.6. The Morgan fingerprint density at radius 1 is 1.50 bits per heavy atom. The highest BCUT2D eigenvalue weighted by Crippen LogP contribution is 2.18. The molecule has 5 nitrogen and oxygen atoms in total. The Labute approximate surface area is 105 Å². The van der Waals surface area contributed by atoms with Crippen LogP contribution in [0, 0.1) is 5.92 Å². The molecule has 1 aliphatic rings. The van der Waals surface area contributed by atoms with Crippen LogP contribution in [0.4, 0.5) is 0 Å². The molecule has 1 aliphatic carbocycles. The van der Waals surface area contributed by atoms with Gasteiger partial charge in [0.05, 0.1) is 6.61 Å². The highest BCUT2D eigenvalue weighted by atomic mass is 16.5. The minimum atomic E-state index is -0.472. The number of allylic oxidation sites excluding steroid dienone is 2. The molecule has 0 fully saturated rings. The van der Waals surface area contributed by atoms with Gasteiger partial charge in [-0.3, -0.25) is 4.79 Å². The predicted molar refractivity (Wildman–Crippen MR) is 66.2 cm³/mol. The lowest BCUT2D eigenvalue weighted by molar-refractivity contribution is 0.0422. The zero-order chi connectivity index (χ0) is 13.0. The molecule has 1 aromatic rings. The molecule has 0 aromatic carbocycles. The maximum Gasteiger partial charge on any atom is 0.358 e. The van der Waals surface area contributed by atoms with Gasteiger partial charge in [0.25, 0.3) is 5.56 Å². The van der Waals surface area contributed by atoms with E-state index in [4.69, 9.17) is 4.74 Å². The molecule has 18 heavy (non-hydrogen) atoms. The third-order valence-corrected chi connectivity index (χ3v) is 3.00. The smallest absolute Gasteiger partial charge is 0.358 e. The summed E-state index contributed by atoms with van der Waals surface area (Å²) in [5.74, 6) is -0.0772. The zero-order valence-corrected chi connectivity index (χ0v) is 10.3. The molecule has 0 amide bonds. The summed E-state index contributed by atoms with van der Waals surface area (Å²) in [6.45, 7) is 0.410. The summed E-state index contributed by atoms with van der Waals surface area (Å²) in [6, 6.07) is 2.71. The predicted octanol–water partition coefficient (Wildman–Crippen LogP) is 1.29. The van der Waals surface area contributed by atoms with E-state index in [-0.39, 0.29) is 11.3 Å². The largest absolute Gasteiger partial charge is 0.461 e. The number of aromatic nitrogens is 2.